The molecule has 0 atom stereocenters. The summed E-state index contributed by atoms with van der Waals surface area (Å²) in [7, 11) is 4.14. The SMILES string of the molecule is CCC(CC)(CNC(=O)NCc1cccs1)N(C)C. The number of hydrogen-bond acceptors (Lipinski definition) is 3. The van der Waals surface area contributed by atoms with Crippen LogP contribution in [0.1, 0.15) is 31.6 Å². The second kappa shape index (κ2) is 7.50. The van der Waals surface area contributed by atoms with Gasteiger partial charge in [0.2, 0.25) is 0 Å². The van der Waals surface area contributed by atoms with Crippen LogP contribution in [0.4, 0.5) is 4.79 Å². The van der Waals surface area contributed by atoms with Gasteiger partial charge in [-0.3, -0.25) is 0 Å². The summed E-state index contributed by atoms with van der Waals surface area (Å²) < 4.78 is 0. The van der Waals surface area contributed by atoms with Gasteiger partial charge < -0.3 is 15.5 Å². The van der Waals surface area contributed by atoms with Crippen LogP contribution < -0.4 is 10.6 Å². The molecule has 0 aliphatic rings. The number of carbonyl (C=O) groups excluding carboxylic acids is 1. The van der Waals surface area contributed by atoms with Crippen molar-refractivity contribution in [2.45, 2.75) is 38.8 Å². The van der Waals surface area contributed by atoms with Crippen molar-refractivity contribution in [3.05, 3.63) is 22.4 Å². The fraction of sp³-hybridized carbons (Fsp3) is 0.643. The Morgan fingerprint density at radius 2 is 2.00 bits per heavy atom. The van der Waals surface area contributed by atoms with Crippen molar-refractivity contribution in [1.82, 2.24) is 15.5 Å². The van der Waals surface area contributed by atoms with E-state index in [1.54, 1.807) is 11.3 Å². The predicted octanol–water partition coefficient (Wildman–Crippen LogP) is 2.67. The summed E-state index contributed by atoms with van der Waals surface area (Å²) in [5, 5.41) is 7.88. The molecule has 1 aromatic rings. The van der Waals surface area contributed by atoms with Gasteiger partial charge in [0.1, 0.15) is 0 Å². The molecular weight excluding hydrogens is 258 g/mol. The van der Waals surface area contributed by atoms with Gasteiger partial charge in [0.05, 0.1) is 6.54 Å². The highest BCUT2D eigenvalue weighted by Crippen LogP contribution is 2.20. The van der Waals surface area contributed by atoms with Crippen LogP contribution in [0.25, 0.3) is 0 Å². The summed E-state index contributed by atoms with van der Waals surface area (Å²) in [5.74, 6) is 0. The average molecular weight is 283 g/mol. The quantitative estimate of drug-likeness (QED) is 0.808. The van der Waals surface area contributed by atoms with Crippen LogP contribution in [-0.2, 0) is 6.54 Å². The largest absolute Gasteiger partial charge is 0.336 e. The smallest absolute Gasteiger partial charge is 0.315 e. The Labute approximate surface area is 120 Å². The van der Waals surface area contributed by atoms with E-state index in [0.29, 0.717) is 13.1 Å². The Morgan fingerprint density at radius 3 is 2.47 bits per heavy atom. The van der Waals surface area contributed by atoms with Crippen molar-refractivity contribution >= 4 is 17.4 Å². The molecule has 0 aliphatic carbocycles. The van der Waals surface area contributed by atoms with Gasteiger partial charge in [-0.1, -0.05) is 19.9 Å². The first kappa shape index (κ1) is 16.0. The maximum atomic E-state index is 11.8. The van der Waals surface area contributed by atoms with E-state index in [1.165, 1.54) is 4.88 Å². The normalized spacial score (nSPS) is 11.6. The first-order chi connectivity index (χ1) is 9.04. The maximum absolute atomic E-state index is 11.8. The molecule has 0 radical (unpaired) electrons. The summed E-state index contributed by atoms with van der Waals surface area (Å²) in [6.07, 6.45) is 2.03. The van der Waals surface area contributed by atoms with Crippen molar-refractivity contribution in [2.75, 3.05) is 20.6 Å². The van der Waals surface area contributed by atoms with E-state index in [2.05, 4.69) is 43.5 Å². The lowest BCUT2D eigenvalue weighted by Gasteiger charge is -2.38. The molecule has 108 valence electrons. The Hall–Kier alpha value is -1.07. The molecular formula is C14H25N3OS. The van der Waals surface area contributed by atoms with E-state index in [0.717, 1.165) is 12.8 Å². The summed E-state index contributed by atoms with van der Waals surface area (Å²) >= 11 is 1.65. The predicted molar refractivity (Wildman–Crippen MR) is 81.6 cm³/mol. The van der Waals surface area contributed by atoms with E-state index in [1.807, 2.05) is 17.5 Å². The molecule has 19 heavy (non-hydrogen) atoms. The van der Waals surface area contributed by atoms with Crippen LogP contribution in [0.3, 0.4) is 0 Å². The van der Waals surface area contributed by atoms with Crippen molar-refractivity contribution in [3.8, 4) is 0 Å². The fourth-order valence-electron chi connectivity index (χ4n) is 2.18. The van der Waals surface area contributed by atoms with Crippen LogP contribution in [0.2, 0.25) is 0 Å². The number of nitrogens with zero attached hydrogens (tertiary/aromatic N) is 1. The number of amides is 2. The average Bonchev–Trinajstić information content (AvgIpc) is 2.91. The van der Waals surface area contributed by atoms with E-state index < -0.39 is 0 Å². The molecule has 0 saturated carbocycles. The summed E-state index contributed by atoms with van der Waals surface area (Å²) in [6.45, 7) is 5.59. The van der Waals surface area contributed by atoms with Gasteiger partial charge in [0.25, 0.3) is 0 Å². The Balaban J connectivity index is 2.39. The van der Waals surface area contributed by atoms with E-state index in [4.69, 9.17) is 0 Å². The molecule has 0 unspecified atom stereocenters. The third kappa shape index (κ3) is 4.51. The van der Waals surface area contributed by atoms with E-state index >= 15 is 0 Å². The molecule has 0 aromatic carbocycles. The maximum Gasteiger partial charge on any atom is 0.315 e. The molecule has 2 amide bonds. The second-order valence-corrected chi connectivity index (χ2v) is 5.97. The minimum atomic E-state index is -0.0958. The number of nitrogens with one attached hydrogen (secondary N) is 2. The highest BCUT2D eigenvalue weighted by Gasteiger charge is 2.28. The van der Waals surface area contributed by atoms with Crippen LogP contribution in [-0.4, -0.2) is 37.1 Å². The van der Waals surface area contributed by atoms with E-state index in [-0.39, 0.29) is 11.6 Å². The minimum absolute atomic E-state index is 0.0419. The van der Waals surface area contributed by atoms with Gasteiger partial charge in [-0.05, 0) is 38.4 Å². The van der Waals surface area contributed by atoms with Gasteiger partial charge in [0.15, 0.2) is 0 Å². The van der Waals surface area contributed by atoms with Crippen LogP contribution in [0, 0.1) is 0 Å². The zero-order chi connectivity index (χ0) is 14.3. The molecule has 0 saturated heterocycles. The lowest BCUT2D eigenvalue weighted by molar-refractivity contribution is 0.137. The molecule has 0 bridgehead atoms. The van der Waals surface area contributed by atoms with Gasteiger partial charge in [-0.15, -0.1) is 11.3 Å². The first-order valence-electron chi connectivity index (χ1n) is 6.75. The van der Waals surface area contributed by atoms with Crippen molar-refractivity contribution < 1.29 is 4.79 Å². The Morgan fingerprint density at radius 1 is 1.32 bits per heavy atom. The van der Waals surface area contributed by atoms with Gasteiger partial charge in [0, 0.05) is 17.0 Å². The number of thiophene rings is 1. The van der Waals surface area contributed by atoms with E-state index in [9.17, 15) is 4.79 Å². The zero-order valence-corrected chi connectivity index (χ0v) is 13.1. The van der Waals surface area contributed by atoms with Crippen molar-refractivity contribution in [1.29, 1.82) is 0 Å². The molecule has 5 heteroatoms. The van der Waals surface area contributed by atoms with Gasteiger partial charge >= 0.3 is 6.03 Å². The first-order valence-corrected chi connectivity index (χ1v) is 7.63. The van der Waals surface area contributed by atoms with Crippen LogP contribution in [0.5, 0.6) is 0 Å². The molecule has 4 nitrogen and oxygen atoms in total. The number of carbonyl (C=O) groups is 1. The standard InChI is InChI=1S/C14H25N3OS/c1-5-14(6-2,17(3)4)11-16-13(18)15-10-12-8-7-9-19-12/h7-9H,5-6,10-11H2,1-4H3,(H2,15,16,18). The summed E-state index contributed by atoms with van der Waals surface area (Å²) in [6, 6.07) is 3.92. The lowest BCUT2D eigenvalue weighted by Crippen LogP contribution is -2.53. The summed E-state index contributed by atoms with van der Waals surface area (Å²) in [4.78, 5) is 15.2. The lowest BCUT2D eigenvalue weighted by atomic mass is 9.91. The van der Waals surface area contributed by atoms with Gasteiger partial charge in [-0.2, -0.15) is 0 Å². The molecule has 1 aromatic heterocycles. The highest BCUT2D eigenvalue weighted by molar-refractivity contribution is 7.09. The monoisotopic (exact) mass is 283 g/mol. The van der Waals surface area contributed by atoms with Crippen LogP contribution >= 0.6 is 11.3 Å². The Kier molecular flexibility index (Phi) is 6.31. The minimum Gasteiger partial charge on any atom is -0.336 e. The summed E-state index contributed by atoms with van der Waals surface area (Å²) in [5.41, 5.74) is 0.0419. The third-order valence-corrected chi connectivity index (χ3v) is 4.72. The highest BCUT2D eigenvalue weighted by atomic mass is 32.1. The fourth-order valence-corrected chi connectivity index (χ4v) is 2.82. The van der Waals surface area contributed by atoms with Crippen molar-refractivity contribution in [3.63, 3.8) is 0 Å². The molecule has 1 rings (SSSR count). The van der Waals surface area contributed by atoms with Crippen LogP contribution in [0.15, 0.2) is 17.5 Å². The Bertz CT molecular complexity index is 372. The second-order valence-electron chi connectivity index (χ2n) is 4.94. The molecule has 0 fully saturated rings. The third-order valence-electron chi connectivity index (χ3n) is 3.85. The zero-order valence-electron chi connectivity index (χ0n) is 12.3. The molecule has 0 spiro atoms. The topological polar surface area (TPSA) is 44.4 Å². The number of hydrogen-bond donors (Lipinski definition) is 2. The number of likely N-dealkylation sites (N-methyl/N-ethyl adjacent to an activating group) is 1. The molecule has 2 N–H and O–H groups in total. The number of urea groups is 1. The van der Waals surface area contributed by atoms with Crippen molar-refractivity contribution in [2.24, 2.45) is 0 Å². The van der Waals surface area contributed by atoms with Gasteiger partial charge in [-0.25, -0.2) is 4.79 Å². The molecule has 1 heterocycles. The molecule has 0 aliphatic heterocycles. The number of rotatable bonds is 7.